The molecular formula is C13H17N3O2S3. The molecule has 1 aromatic carbocycles. The fourth-order valence-electron chi connectivity index (χ4n) is 1.70. The maximum atomic E-state index is 12.0. The number of nitrogens with two attached hydrogens (primary N) is 1. The van der Waals surface area contributed by atoms with Crippen LogP contribution in [0.2, 0.25) is 0 Å². The smallest absolute Gasteiger partial charge is 0.213 e. The van der Waals surface area contributed by atoms with Crippen LogP contribution in [0, 0.1) is 0 Å². The highest BCUT2D eigenvalue weighted by molar-refractivity contribution is 8.00. The third-order valence-corrected chi connectivity index (χ3v) is 6.47. The molecule has 0 saturated carbocycles. The maximum absolute atomic E-state index is 12.0. The van der Waals surface area contributed by atoms with Crippen molar-refractivity contribution in [2.24, 2.45) is 0 Å². The second kappa shape index (κ2) is 7.26. The number of aromatic nitrogens is 1. The standard InChI is InChI=1S/C13H17N3O2S3/c1-10(13-15-6-7-20-13)16-21(17,18)9-8-19-12-5-3-2-4-11(12)14/h2-7,10,16H,8-9,14H2,1H3. The Morgan fingerprint density at radius 2 is 2.19 bits per heavy atom. The van der Waals surface area contributed by atoms with E-state index in [0.717, 1.165) is 9.90 Å². The molecular weight excluding hydrogens is 326 g/mol. The van der Waals surface area contributed by atoms with Gasteiger partial charge in [-0.1, -0.05) is 12.1 Å². The molecule has 1 aromatic heterocycles. The Bertz CT molecular complexity index is 672. The van der Waals surface area contributed by atoms with Crippen LogP contribution in [-0.2, 0) is 10.0 Å². The molecule has 21 heavy (non-hydrogen) atoms. The number of nitrogen functional groups attached to an aromatic ring is 1. The van der Waals surface area contributed by atoms with Gasteiger partial charge < -0.3 is 5.73 Å². The summed E-state index contributed by atoms with van der Waals surface area (Å²) in [6.45, 7) is 1.79. The summed E-state index contributed by atoms with van der Waals surface area (Å²) >= 11 is 2.88. The summed E-state index contributed by atoms with van der Waals surface area (Å²) in [5.74, 6) is 0.496. The number of benzene rings is 1. The molecule has 1 unspecified atom stereocenters. The molecule has 0 spiro atoms. The highest BCUT2D eigenvalue weighted by atomic mass is 32.2. The number of nitrogens with one attached hydrogen (secondary N) is 1. The van der Waals surface area contributed by atoms with Crippen molar-refractivity contribution in [3.05, 3.63) is 40.8 Å². The summed E-state index contributed by atoms with van der Waals surface area (Å²) < 4.78 is 26.7. The van der Waals surface area contributed by atoms with E-state index in [1.807, 2.05) is 23.6 Å². The number of rotatable bonds is 7. The van der Waals surface area contributed by atoms with Crippen LogP contribution in [0.5, 0.6) is 0 Å². The first-order valence-electron chi connectivity index (χ1n) is 6.34. The van der Waals surface area contributed by atoms with Crippen molar-refractivity contribution in [2.75, 3.05) is 17.2 Å². The number of nitrogens with zero attached hydrogens (tertiary/aromatic N) is 1. The van der Waals surface area contributed by atoms with Crippen molar-refractivity contribution in [1.29, 1.82) is 0 Å². The Kier molecular flexibility index (Phi) is 5.63. The molecule has 0 radical (unpaired) electrons. The SMILES string of the molecule is CC(NS(=O)(=O)CCSc1ccccc1N)c1nccs1. The van der Waals surface area contributed by atoms with Gasteiger partial charge in [0.15, 0.2) is 0 Å². The molecule has 5 nitrogen and oxygen atoms in total. The van der Waals surface area contributed by atoms with Crippen LogP contribution in [0.15, 0.2) is 40.7 Å². The zero-order chi connectivity index (χ0) is 15.3. The van der Waals surface area contributed by atoms with Crippen molar-refractivity contribution in [2.45, 2.75) is 17.9 Å². The van der Waals surface area contributed by atoms with E-state index >= 15 is 0 Å². The van der Waals surface area contributed by atoms with E-state index in [1.165, 1.54) is 23.1 Å². The van der Waals surface area contributed by atoms with E-state index in [0.29, 0.717) is 11.4 Å². The van der Waals surface area contributed by atoms with Crippen LogP contribution < -0.4 is 10.5 Å². The van der Waals surface area contributed by atoms with Crippen LogP contribution in [0.4, 0.5) is 5.69 Å². The van der Waals surface area contributed by atoms with Crippen molar-refractivity contribution >= 4 is 38.8 Å². The maximum Gasteiger partial charge on any atom is 0.213 e. The predicted octanol–water partition coefficient (Wildman–Crippen LogP) is 2.50. The van der Waals surface area contributed by atoms with E-state index in [1.54, 1.807) is 19.2 Å². The lowest BCUT2D eigenvalue weighted by molar-refractivity contribution is 0.568. The van der Waals surface area contributed by atoms with Gasteiger partial charge in [-0.25, -0.2) is 18.1 Å². The zero-order valence-electron chi connectivity index (χ0n) is 11.5. The molecule has 2 aromatic rings. The highest BCUT2D eigenvalue weighted by Gasteiger charge is 2.17. The second-order valence-corrected chi connectivity index (χ2v) is 8.35. The topological polar surface area (TPSA) is 85.1 Å². The summed E-state index contributed by atoms with van der Waals surface area (Å²) in [6.07, 6.45) is 1.67. The number of hydrogen-bond donors (Lipinski definition) is 2. The highest BCUT2D eigenvalue weighted by Crippen LogP contribution is 2.24. The van der Waals surface area contributed by atoms with Gasteiger partial charge >= 0.3 is 0 Å². The molecule has 2 rings (SSSR count). The van der Waals surface area contributed by atoms with Crippen LogP contribution in [0.1, 0.15) is 18.0 Å². The first-order valence-corrected chi connectivity index (χ1v) is 9.86. The summed E-state index contributed by atoms with van der Waals surface area (Å²) in [7, 11) is -3.33. The van der Waals surface area contributed by atoms with Crippen molar-refractivity contribution in [1.82, 2.24) is 9.71 Å². The number of hydrogen-bond acceptors (Lipinski definition) is 6. The molecule has 0 bridgehead atoms. The third-order valence-electron chi connectivity index (χ3n) is 2.71. The molecule has 8 heteroatoms. The van der Waals surface area contributed by atoms with Crippen molar-refractivity contribution < 1.29 is 8.42 Å². The second-order valence-electron chi connectivity index (χ2n) is 4.42. The zero-order valence-corrected chi connectivity index (χ0v) is 14.0. The minimum Gasteiger partial charge on any atom is -0.398 e. The number of thioether (sulfide) groups is 1. The summed E-state index contributed by atoms with van der Waals surface area (Å²) in [6, 6.07) is 7.13. The van der Waals surface area contributed by atoms with Crippen LogP contribution >= 0.6 is 23.1 Å². The quantitative estimate of drug-likeness (QED) is 0.596. The lowest BCUT2D eigenvalue weighted by Gasteiger charge is -2.12. The van der Waals surface area contributed by atoms with Gasteiger partial charge in [0.05, 0.1) is 11.8 Å². The van der Waals surface area contributed by atoms with E-state index < -0.39 is 10.0 Å². The fourth-order valence-corrected chi connectivity index (χ4v) is 5.03. The molecule has 0 aliphatic rings. The fraction of sp³-hybridized carbons (Fsp3) is 0.308. The summed E-state index contributed by atoms with van der Waals surface area (Å²) in [5.41, 5.74) is 6.49. The van der Waals surface area contributed by atoms with Gasteiger partial charge in [-0.15, -0.1) is 23.1 Å². The van der Waals surface area contributed by atoms with Gasteiger partial charge in [0.1, 0.15) is 5.01 Å². The molecule has 114 valence electrons. The van der Waals surface area contributed by atoms with Crippen LogP contribution in [0.3, 0.4) is 0 Å². The summed E-state index contributed by atoms with van der Waals surface area (Å²) in [4.78, 5) is 5.01. The van der Waals surface area contributed by atoms with Crippen LogP contribution in [0.25, 0.3) is 0 Å². The number of anilines is 1. The number of thiazole rings is 1. The minimum atomic E-state index is -3.33. The van der Waals surface area contributed by atoms with Gasteiger partial charge in [-0.3, -0.25) is 0 Å². The van der Waals surface area contributed by atoms with E-state index in [9.17, 15) is 8.42 Å². The Morgan fingerprint density at radius 1 is 1.43 bits per heavy atom. The van der Waals surface area contributed by atoms with Gasteiger partial charge in [0.2, 0.25) is 10.0 Å². The molecule has 0 fully saturated rings. The average Bonchev–Trinajstić information content (AvgIpc) is 2.94. The molecule has 1 atom stereocenters. The monoisotopic (exact) mass is 343 g/mol. The third kappa shape index (κ3) is 4.99. The lowest BCUT2D eigenvalue weighted by atomic mass is 10.3. The van der Waals surface area contributed by atoms with E-state index in [2.05, 4.69) is 9.71 Å². The molecule has 1 heterocycles. The largest absolute Gasteiger partial charge is 0.398 e. The Balaban J connectivity index is 1.86. The average molecular weight is 343 g/mol. The number of sulfonamides is 1. The van der Waals surface area contributed by atoms with Gasteiger partial charge in [0, 0.05) is 27.9 Å². The van der Waals surface area contributed by atoms with Crippen LogP contribution in [-0.4, -0.2) is 24.9 Å². The molecule has 0 amide bonds. The van der Waals surface area contributed by atoms with E-state index in [4.69, 9.17) is 5.73 Å². The number of para-hydroxylation sites is 1. The van der Waals surface area contributed by atoms with Gasteiger partial charge in [-0.05, 0) is 19.1 Å². The Morgan fingerprint density at radius 3 is 2.86 bits per heavy atom. The molecule has 0 aliphatic carbocycles. The summed E-state index contributed by atoms with van der Waals surface area (Å²) in [5, 5.41) is 2.59. The van der Waals surface area contributed by atoms with Crippen molar-refractivity contribution in [3.8, 4) is 0 Å². The lowest BCUT2D eigenvalue weighted by Crippen LogP contribution is -2.29. The Hall–Kier alpha value is -1.09. The molecule has 3 N–H and O–H groups in total. The normalized spacial score (nSPS) is 13.2. The predicted molar refractivity (Wildman–Crippen MR) is 89.0 cm³/mol. The Labute approximate surface area is 133 Å². The molecule has 0 saturated heterocycles. The molecule has 0 aliphatic heterocycles. The van der Waals surface area contributed by atoms with Crippen molar-refractivity contribution in [3.63, 3.8) is 0 Å². The van der Waals surface area contributed by atoms with Gasteiger partial charge in [-0.2, -0.15) is 0 Å². The first kappa shape index (κ1) is 16.3. The van der Waals surface area contributed by atoms with Gasteiger partial charge in [0.25, 0.3) is 0 Å². The van der Waals surface area contributed by atoms with E-state index in [-0.39, 0.29) is 11.8 Å². The minimum absolute atomic E-state index is 0.0434. The first-order chi connectivity index (χ1) is 9.98.